The Bertz CT molecular complexity index is 753. The van der Waals surface area contributed by atoms with Crippen LogP contribution in [0.25, 0.3) is 0 Å². The molecule has 8 heteroatoms. The van der Waals surface area contributed by atoms with E-state index in [9.17, 15) is 23.5 Å². The highest BCUT2D eigenvalue weighted by Gasteiger charge is 2.35. The van der Waals surface area contributed by atoms with Crippen molar-refractivity contribution in [1.29, 1.82) is 0 Å². The first-order valence-corrected chi connectivity index (χ1v) is 10.2. The van der Waals surface area contributed by atoms with Crippen LogP contribution in [0.3, 0.4) is 0 Å². The van der Waals surface area contributed by atoms with Crippen LogP contribution in [0.15, 0.2) is 18.2 Å². The Morgan fingerprint density at radius 2 is 1.90 bits per heavy atom. The summed E-state index contributed by atoms with van der Waals surface area (Å²) in [4.78, 5) is 27.5. The summed E-state index contributed by atoms with van der Waals surface area (Å²) in [5.74, 6) is -1.95. The highest BCUT2D eigenvalue weighted by molar-refractivity contribution is 5.94. The van der Waals surface area contributed by atoms with Gasteiger partial charge in [0.05, 0.1) is 11.2 Å². The van der Waals surface area contributed by atoms with Crippen molar-refractivity contribution in [2.24, 2.45) is 0 Å². The Morgan fingerprint density at radius 3 is 2.59 bits per heavy atom. The average Bonchev–Trinajstić information content (AvgIpc) is 2.86. The van der Waals surface area contributed by atoms with Crippen LogP contribution in [0.2, 0.25) is 0 Å². The number of hydrogen-bond acceptors (Lipinski definition) is 4. The van der Waals surface area contributed by atoms with Crippen LogP contribution in [0.1, 0.15) is 49.4 Å². The molecule has 2 saturated heterocycles. The molecule has 2 aliphatic heterocycles. The molecule has 2 amide bonds. The summed E-state index contributed by atoms with van der Waals surface area (Å²) in [5, 5.41) is 14.0. The van der Waals surface area contributed by atoms with Gasteiger partial charge in [0.2, 0.25) is 5.91 Å². The highest BCUT2D eigenvalue weighted by Crippen LogP contribution is 2.26. The second-order valence-electron chi connectivity index (χ2n) is 8.25. The first kappa shape index (κ1) is 21.6. The fraction of sp³-hybridized carbons (Fsp3) is 0.619. The monoisotopic (exact) mass is 409 g/mol. The van der Waals surface area contributed by atoms with Gasteiger partial charge < -0.3 is 20.2 Å². The number of amides is 2. The molecule has 0 unspecified atom stereocenters. The number of rotatable bonds is 4. The molecule has 0 bridgehead atoms. The fourth-order valence-electron chi connectivity index (χ4n) is 4.31. The molecule has 2 heterocycles. The SMILES string of the molecule is CC(=O)NC1CCN(C[C@@]2(O)CCCN(C(=O)c3cc(F)ccc3F)CC2)CC1. The van der Waals surface area contributed by atoms with Crippen LogP contribution >= 0.6 is 0 Å². The van der Waals surface area contributed by atoms with Crippen molar-refractivity contribution in [3.8, 4) is 0 Å². The quantitative estimate of drug-likeness (QED) is 0.797. The Hall–Kier alpha value is -2.06. The minimum Gasteiger partial charge on any atom is -0.388 e. The molecule has 0 radical (unpaired) electrons. The number of aliphatic hydroxyl groups is 1. The van der Waals surface area contributed by atoms with Crippen molar-refractivity contribution in [1.82, 2.24) is 15.1 Å². The number of nitrogens with zero attached hydrogens (tertiary/aromatic N) is 2. The normalized spacial score (nSPS) is 24.2. The van der Waals surface area contributed by atoms with Gasteiger partial charge in [-0.1, -0.05) is 0 Å². The number of halogens is 2. The van der Waals surface area contributed by atoms with Gasteiger partial charge in [-0.2, -0.15) is 0 Å². The van der Waals surface area contributed by atoms with Gasteiger partial charge in [-0.05, 0) is 50.3 Å². The highest BCUT2D eigenvalue weighted by atomic mass is 19.1. The molecule has 3 rings (SSSR count). The maximum atomic E-state index is 14.0. The summed E-state index contributed by atoms with van der Waals surface area (Å²) in [6, 6.07) is 3.05. The van der Waals surface area contributed by atoms with Crippen molar-refractivity contribution in [2.45, 2.75) is 50.7 Å². The van der Waals surface area contributed by atoms with Crippen LogP contribution in [-0.2, 0) is 4.79 Å². The van der Waals surface area contributed by atoms with E-state index in [1.807, 2.05) is 0 Å². The molecule has 29 heavy (non-hydrogen) atoms. The largest absolute Gasteiger partial charge is 0.388 e. The number of hydrogen-bond donors (Lipinski definition) is 2. The summed E-state index contributed by atoms with van der Waals surface area (Å²) in [5.41, 5.74) is -1.19. The molecule has 160 valence electrons. The Morgan fingerprint density at radius 1 is 1.17 bits per heavy atom. The van der Waals surface area contributed by atoms with Crippen LogP contribution < -0.4 is 5.32 Å². The molecule has 2 aliphatic rings. The minimum absolute atomic E-state index is 0.0228. The van der Waals surface area contributed by atoms with Gasteiger partial charge in [0, 0.05) is 45.7 Å². The molecule has 0 saturated carbocycles. The number of carbonyl (C=O) groups is 2. The first-order chi connectivity index (χ1) is 13.8. The van der Waals surface area contributed by atoms with E-state index >= 15 is 0 Å². The topological polar surface area (TPSA) is 72.9 Å². The standard InChI is InChI=1S/C21H29F2N3O3/c1-15(27)24-17-5-10-25(11-6-17)14-21(29)7-2-9-26(12-8-21)20(28)18-13-16(22)3-4-19(18)23/h3-4,13,17,29H,2,5-12,14H2,1H3,(H,24,27)/t21-/m1/s1. The van der Waals surface area contributed by atoms with Crippen molar-refractivity contribution >= 4 is 11.8 Å². The summed E-state index contributed by atoms with van der Waals surface area (Å²) >= 11 is 0. The van der Waals surface area contributed by atoms with Crippen LogP contribution in [-0.4, -0.2) is 71.1 Å². The second kappa shape index (κ2) is 9.17. The fourth-order valence-corrected chi connectivity index (χ4v) is 4.31. The van der Waals surface area contributed by atoms with E-state index in [-0.39, 0.29) is 17.5 Å². The zero-order valence-electron chi connectivity index (χ0n) is 16.8. The van der Waals surface area contributed by atoms with Gasteiger partial charge in [-0.3, -0.25) is 9.59 Å². The summed E-state index contributed by atoms with van der Waals surface area (Å²) < 4.78 is 27.4. The van der Waals surface area contributed by atoms with Crippen molar-refractivity contribution in [2.75, 3.05) is 32.7 Å². The molecule has 1 atom stereocenters. The third-order valence-electron chi connectivity index (χ3n) is 5.88. The third kappa shape index (κ3) is 5.73. The van der Waals surface area contributed by atoms with E-state index in [4.69, 9.17) is 0 Å². The lowest BCUT2D eigenvalue weighted by molar-refractivity contribution is -0.120. The maximum Gasteiger partial charge on any atom is 0.256 e. The van der Waals surface area contributed by atoms with E-state index in [1.54, 1.807) is 0 Å². The lowest BCUT2D eigenvalue weighted by Gasteiger charge is -2.38. The molecule has 2 fully saturated rings. The zero-order chi connectivity index (χ0) is 21.0. The van der Waals surface area contributed by atoms with Crippen LogP contribution in [0, 0.1) is 11.6 Å². The second-order valence-corrected chi connectivity index (χ2v) is 8.25. The lowest BCUT2D eigenvalue weighted by Crippen LogP contribution is -2.50. The van der Waals surface area contributed by atoms with E-state index in [2.05, 4.69) is 10.2 Å². The molecular formula is C21H29F2N3O3. The van der Waals surface area contributed by atoms with Crippen molar-refractivity contribution in [3.63, 3.8) is 0 Å². The molecule has 1 aromatic rings. The summed E-state index contributed by atoms with van der Waals surface area (Å²) in [7, 11) is 0. The van der Waals surface area contributed by atoms with Crippen molar-refractivity contribution in [3.05, 3.63) is 35.4 Å². The van der Waals surface area contributed by atoms with Gasteiger partial charge in [-0.15, -0.1) is 0 Å². The van der Waals surface area contributed by atoms with E-state index in [0.29, 0.717) is 38.9 Å². The smallest absolute Gasteiger partial charge is 0.256 e. The molecule has 1 aromatic carbocycles. The zero-order valence-corrected chi connectivity index (χ0v) is 16.8. The van der Waals surface area contributed by atoms with Crippen molar-refractivity contribution < 1.29 is 23.5 Å². The Balaban J connectivity index is 1.55. The van der Waals surface area contributed by atoms with E-state index < -0.39 is 23.1 Å². The van der Waals surface area contributed by atoms with Crippen LogP contribution in [0.5, 0.6) is 0 Å². The van der Waals surface area contributed by atoms with Gasteiger partial charge >= 0.3 is 0 Å². The molecule has 6 nitrogen and oxygen atoms in total. The van der Waals surface area contributed by atoms with Gasteiger partial charge in [0.25, 0.3) is 5.91 Å². The van der Waals surface area contributed by atoms with Gasteiger partial charge in [0.15, 0.2) is 0 Å². The maximum absolute atomic E-state index is 14.0. The molecule has 0 aliphatic carbocycles. The van der Waals surface area contributed by atoms with Gasteiger partial charge in [0.1, 0.15) is 11.6 Å². The number of piperidine rings is 1. The Kier molecular flexibility index (Phi) is 6.85. The number of benzene rings is 1. The summed E-state index contributed by atoms with van der Waals surface area (Å²) in [6.07, 6.45) is 3.23. The predicted octanol–water partition coefficient (Wildman–Crippen LogP) is 1.92. The number of β-amino-alcohol motifs (C(OH)–C–C–N with tert-alkyl or cyclic N) is 1. The number of carbonyl (C=O) groups excluding carboxylic acids is 2. The van der Waals surface area contributed by atoms with E-state index in [1.165, 1.54) is 11.8 Å². The predicted molar refractivity (Wildman–Crippen MR) is 104 cm³/mol. The lowest BCUT2D eigenvalue weighted by atomic mass is 9.93. The number of nitrogens with one attached hydrogen (secondary N) is 1. The third-order valence-corrected chi connectivity index (χ3v) is 5.88. The molecular weight excluding hydrogens is 380 g/mol. The first-order valence-electron chi connectivity index (χ1n) is 10.2. The van der Waals surface area contributed by atoms with Crippen LogP contribution in [0.4, 0.5) is 8.78 Å². The average molecular weight is 409 g/mol. The number of likely N-dealkylation sites (tertiary alicyclic amines) is 2. The summed E-state index contributed by atoms with van der Waals surface area (Å²) in [6.45, 7) is 4.32. The molecule has 0 spiro atoms. The minimum atomic E-state index is -0.920. The van der Waals surface area contributed by atoms with Gasteiger partial charge in [-0.25, -0.2) is 8.78 Å². The molecule has 2 N–H and O–H groups in total. The molecule has 0 aromatic heterocycles. The van der Waals surface area contributed by atoms with E-state index in [0.717, 1.165) is 44.1 Å². The Labute approximate surface area is 169 Å².